The van der Waals surface area contributed by atoms with Gasteiger partial charge in [-0.15, -0.1) is 0 Å². The molecule has 32 heavy (non-hydrogen) atoms. The van der Waals surface area contributed by atoms with Gasteiger partial charge in [0.25, 0.3) is 15.9 Å². The predicted octanol–water partition coefficient (Wildman–Crippen LogP) is 2.91. The van der Waals surface area contributed by atoms with Crippen LogP contribution in [0.1, 0.15) is 28.0 Å². The largest absolute Gasteiger partial charge is 0.472 e. The average molecular weight is 458 g/mol. The van der Waals surface area contributed by atoms with Gasteiger partial charge in [-0.2, -0.15) is 0 Å². The maximum Gasteiger partial charge on any atom is 0.264 e. The van der Waals surface area contributed by atoms with E-state index in [4.69, 9.17) is 14.0 Å². The van der Waals surface area contributed by atoms with E-state index in [1.807, 2.05) is 0 Å². The summed E-state index contributed by atoms with van der Waals surface area (Å²) in [4.78, 5) is 16.6. The van der Waals surface area contributed by atoms with Crippen molar-refractivity contribution in [1.82, 2.24) is 10.1 Å². The summed E-state index contributed by atoms with van der Waals surface area (Å²) in [7, 11) is -3.86. The standard InChI is InChI=1S/C21H22N4O6S/c1-13-14(2)24-31-21(13)25-32(27,28)18-6-4-16(5-7-18)23-20(26)15-3-8-19(22-11-15)30-17-9-10-29-12-17/h3-8,11,17,25H,9-10,12H2,1-2H3,(H,23,26). The molecule has 0 spiro atoms. The Hall–Kier alpha value is -3.44. The zero-order valence-electron chi connectivity index (χ0n) is 17.5. The molecule has 1 aliphatic rings. The number of nitrogens with one attached hydrogen (secondary N) is 2. The third-order valence-corrected chi connectivity index (χ3v) is 6.33. The van der Waals surface area contributed by atoms with E-state index in [1.165, 1.54) is 30.5 Å². The van der Waals surface area contributed by atoms with E-state index >= 15 is 0 Å². The molecule has 0 saturated carbocycles. The molecule has 1 aliphatic heterocycles. The highest BCUT2D eigenvalue weighted by Gasteiger charge is 2.20. The van der Waals surface area contributed by atoms with Crippen LogP contribution in [-0.4, -0.2) is 43.8 Å². The number of hydrogen-bond acceptors (Lipinski definition) is 8. The molecule has 2 aromatic heterocycles. The molecule has 1 saturated heterocycles. The molecular weight excluding hydrogens is 436 g/mol. The number of rotatable bonds is 7. The molecule has 3 aromatic rings. The van der Waals surface area contributed by atoms with Gasteiger partial charge in [-0.05, 0) is 44.2 Å². The van der Waals surface area contributed by atoms with Crippen LogP contribution in [0.3, 0.4) is 0 Å². The first kappa shape index (κ1) is 21.8. The van der Waals surface area contributed by atoms with Crippen molar-refractivity contribution in [2.45, 2.75) is 31.3 Å². The van der Waals surface area contributed by atoms with Crippen molar-refractivity contribution >= 4 is 27.5 Å². The minimum absolute atomic E-state index is 0.0167. The number of ether oxygens (including phenoxy) is 2. The molecule has 2 N–H and O–H groups in total. The number of pyridine rings is 1. The molecule has 4 rings (SSSR count). The van der Waals surface area contributed by atoms with Crippen molar-refractivity contribution < 1.29 is 27.2 Å². The second-order valence-electron chi connectivity index (χ2n) is 7.29. The second kappa shape index (κ2) is 8.97. The molecular formula is C21H22N4O6S. The number of hydrogen-bond donors (Lipinski definition) is 2. The van der Waals surface area contributed by atoms with E-state index in [2.05, 4.69) is 20.2 Å². The Bertz CT molecular complexity index is 1200. The van der Waals surface area contributed by atoms with Crippen molar-refractivity contribution in [2.75, 3.05) is 23.3 Å². The fourth-order valence-corrected chi connectivity index (χ4v) is 4.02. The summed E-state index contributed by atoms with van der Waals surface area (Å²) in [6.45, 7) is 4.62. The first-order valence-electron chi connectivity index (χ1n) is 9.89. The average Bonchev–Trinajstić information content (AvgIpc) is 3.40. The van der Waals surface area contributed by atoms with E-state index in [0.717, 1.165) is 6.42 Å². The quantitative estimate of drug-likeness (QED) is 0.552. The SMILES string of the molecule is Cc1noc(NS(=O)(=O)c2ccc(NC(=O)c3ccc(OC4CCOC4)nc3)cc2)c1C. The van der Waals surface area contributed by atoms with Crippen LogP contribution < -0.4 is 14.8 Å². The molecule has 1 atom stereocenters. The Labute approximate surface area is 185 Å². The van der Waals surface area contributed by atoms with Crippen LogP contribution in [0.5, 0.6) is 5.88 Å². The molecule has 1 unspecified atom stereocenters. The first-order valence-corrected chi connectivity index (χ1v) is 11.4. The number of aryl methyl sites for hydroxylation is 1. The van der Waals surface area contributed by atoms with E-state index in [9.17, 15) is 13.2 Å². The number of aromatic nitrogens is 2. The van der Waals surface area contributed by atoms with Gasteiger partial charge in [-0.3, -0.25) is 4.79 Å². The summed E-state index contributed by atoms with van der Waals surface area (Å²) in [5.74, 6) is 0.117. The number of amides is 1. The molecule has 0 aliphatic carbocycles. The summed E-state index contributed by atoms with van der Waals surface area (Å²) in [6.07, 6.45) is 2.21. The highest BCUT2D eigenvalue weighted by Crippen LogP contribution is 2.23. The molecule has 0 bridgehead atoms. The molecule has 3 heterocycles. The van der Waals surface area contributed by atoms with Crippen LogP contribution in [-0.2, 0) is 14.8 Å². The van der Waals surface area contributed by atoms with Gasteiger partial charge in [-0.25, -0.2) is 18.1 Å². The van der Waals surface area contributed by atoms with Crippen molar-refractivity contribution in [3.05, 3.63) is 59.4 Å². The Kier molecular flexibility index (Phi) is 6.10. The lowest BCUT2D eigenvalue weighted by molar-refractivity contribution is 0.102. The van der Waals surface area contributed by atoms with Gasteiger partial charge >= 0.3 is 0 Å². The Morgan fingerprint density at radius 2 is 1.94 bits per heavy atom. The summed E-state index contributed by atoms with van der Waals surface area (Å²) < 4.78 is 43.4. The summed E-state index contributed by atoms with van der Waals surface area (Å²) in [5.41, 5.74) is 1.99. The number of carbonyl (C=O) groups is 1. The normalized spacial score (nSPS) is 16.0. The lowest BCUT2D eigenvalue weighted by Crippen LogP contribution is -2.17. The summed E-state index contributed by atoms with van der Waals surface area (Å²) >= 11 is 0. The lowest BCUT2D eigenvalue weighted by atomic mass is 10.2. The molecule has 1 amide bonds. The van der Waals surface area contributed by atoms with Crippen LogP contribution in [0.15, 0.2) is 52.0 Å². The maximum atomic E-state index is 12.6. The smallest absolute Gasteiger partial charge is 0.264 e. The Morgan fingerprint density at radius 1 is 1.16 bits per heavy atom. The number of carbonyl (C=O) groups excluding carboxylic acids is 1. The monoisotopic (exact) mass is 458 g/mol. The number of benzene rings is 1. The second-order valence-corrected chi connectivity index (χ2v) is 8.98. The third-order valence-electron chi connectivity index (χ3n) is 4.98. The summed E-state index contributed by atoms with van der Waals surface area (Å²) in [5, 5.41) is 6.44. The first-order chi connectivity index (χ1) is 15.3. The fraction of sp³-hybridized carbons (Fsp3) is 0.286. The van der Waals surface area contributed by atoms with Crippen molar-refractivity contribution in [1.29, 1.82) is 0 Å². The third kappa shape index (κ3) is 4.89. The highest BCUT2D eigenvalue weighted by atomic mass is 32.2. The van der Waals surface area contributed by atoms with Crippen molar-refractivity contribution in [2.24, 2.45) is 0 Å². The van der Waals surface area contributed by atoms with Gasteiger partial charge in [0.2, 0.25) is 11.8 Å². The predicted molar refractivity (Wildman–Crippen MR) is 115 cm³/mol. The Balaban J connectivity index is 1.38. The van der Waals surface area contributed by atoms with Gasteiger partial charge in [0.1, 0.15) is 6.10 Å². The van der Waals surface area contributed by atoms with Crippen LogP contribution in [0.25, 0.3) is 0 Å². The van der Waals surface area contributed by atoms with Gasteiger partial charge in [0, 0.05) is 29.9 Å². The zero-order chi connectivity index (χ0) is 22.7. The van der Waals surface area contributed by atoms with E-state index < -0.39 is 10.0 Å². The fourth-order valence-electron chi connectivity index (χ4n) is 2.97. The van der Waals surface area contributed by atoms with Gasteiger partial charge in [0.05, 0.1) is 29.4 Å². The minimum atomic E-state index is -3.86. The van der Waals surface area contributed by atoms with Crippen molar-refractivity contribution in [3.63, 3.8) is 0 Å². The van der Waals surface area contributed by atoms with Crippen LogP contribution >= 0.6 is 0 Å². The van der Waals surface area contributed by atoms with E-state index in [0.29, 0.717) is 41.6 Å². The van der Waals surface area contributed by atoms with E-state index in [-0.39, 0.29) is 22.8 Å². The van der Waals surface area contributed by atoms with Crippen LogP contribution in [0.4, 0.5) is 11.6 Å². The highest BCUT2D eigenvalue weighted by molar-refractivity contribution is 7.92. The molecule has 1 aromatic carbocycles. The summed E-state index contributed by atoms with van der Waals surface area (Å²) in [6, 6.07) is 9.00. The maximum absolute atomic E-state index is 12.6. The molecule has 168 valence electrons. The molecule has 10 nitrogen and oxygen atoms in total. The zero-order valence-corrected chi connectivity index (χ0v) is 18.3. The molecule has 0 radical (unpaired) electrons. The van der Waals surface area contributed by atoms with Gasteiger partial charge in [0.15, 0.2) is 0 Å². The van der Waals surface area contributed by atoms with Crippen molar-refractivity contribution in [3.8, 4) is 5.88 Å². The van der Waals surface area contributed by atoms with Gasteiger partial charge < -0.3 is 19.3 Å². The lowest BCUT2D eigenvalue weighted by Gasteiger charge is -2.11. The number of sulfonamides is 1. The number of nitrogens with zero attached hydrogens (tertiary/aromatic N) is 2. The molecule has 1 fully saturated rings. The van der Waals surface area contributed by atoms with Crippen LogP contribution in [0.2, 0.25) is 0 Å². The van der Waals surface area contributed by atoms with E-state index in [1.54, 1.807) is 26.0 Å². The minimum Gasteiger partial charge on any atom is -0.472 e. The van der Waals surface area contributed by atoms with Gasteiger partial charge in [-0.1, -0.05) is 5.16 Å². The molecule has 11 heteroatoms. The number of anilines is 2. The van der Waals surface area contributed by atoms with Crippen LogP contribution in [0, 0.1) is 13.8 Å². The Morgan fingerprint density at radius 3 is 2.53 bits per heavy atom. The topological polar surface area (TPSA) is 133 Å².